The summed E-state index contributed by atoms with van der Waals surface area (Å²) in [5.41, 5.74) is 0.595. The minimum Gasteiger partial charge on any atom is -0.493 e. The van der Waals surface area contributed by atoms with Crippen LogP contribution >= 0.6 is 0 Å². The summed E-state index contributed by atoms with van der Waals surface area (Å²) < 4.78 is 27.1. The minimum atomic E-state index is -0.135. The van der Waals surface area contributed by atoms with Crippen LogP contribution < -0.4 is 19.5 Å². The summed E-state index contributed by atoms with van der Waals surface area (Å²) in [7, 11) is 4.66. The number of anilines is 1. The number of ether oxygens (including phenoxy) is 5. The van der Waals surface area contributed by atoms with Gasteiger partial charge in [0.05, 0.1) is 40.2 Å². The van der Waals surface area contributed by atoms with Crippen LogP contribution in [0.25, 0.3) is 0 Å². The Hall–Kier alpha value is -2.23. The van der Waals surface area contributed by atoms with E-state index in [2.05, 4.69) is 10.2 Å². The molecule has 2 saturated heterocycles. The van der Waals surface area contributed by atoms with Crippen molar-refractivity contribution in [1.29, 1.82) is 0 Å². The van der Waals surface area contributed by atoms with E-state index in [-0.39, 0.29) is 12.1 Å². The maximum Gasteiger partial charge on any atom is 0.322 e. The van der Waals surface area contributed by atoms with E-state index in [1.807, 2.05) is 4.90 Å². The Morgan fingerprint density at radius 1 is 1.03 bits per heavy atom. The Bertz CT molecular complexity index is 664. The van der Waals surface area contributed by atoms with E-state index in [4.69, 9.17) is 23.7 Å². The fraction of sp³-hybridized carbons (Fsp3) is 0.667. The first-order valence-electron chi connectivity index (χ1n) is 10.4. The van der Waals surface area contributed by atoms with Crippen LogP contribution in [0.5, 0.6) is 17.2 Å². The molecule has 0 spiro atoms. The largest absolute Gasteiger partial charge is 0.493 e. The van der Waals surface area contributed by atoms with Crippen LogP contribution in [-0.4, -0.2) is 95.8 Å². The molecule has 168 valence electrons. The molecule has 0 aromatic heterocycles. The van der Waals surface area contributed by atoms with Crippen molar-refractivity contribution >= 4 is 11.7 Å². The molecule has 2 aliphatic rings. The fourth-order valence-corrected chi connectivity index (χ4v) is 3.87. The van der Waals surface area contributed by atoms with E-state index in [0.717, 1.165) is 45.7 Å². The van der Waals surface area contributed by atoms with Gasteiger partial charge in [-0.05, 0) is 12.8 Å². The molecule has 2 fully saturated rings. The first kappa shape index (κ1) is 22.5. The van der Waals surface area contributed by atoms with E-state index in [1.165, 1.54) is 0 Å². The zero-order chi connectivity index (χ0) is 21.3. The Morgan fingerprint density at radius 2 is 1.63 bits per heavy atom. The van der Waals surface area contributed by atoms with Crippen LogP contribution in [0.3, 0.4) is 0 Å². The van der Waals surface area contributed by atoms with Crippen LogP contribution in [0.2, 0.25) is 0 Å². The number of benzene rings is 1. The summed E-state index contributed by atoms with van der Waals surface area (Å²) in [4.78, 5) is 17.5. The van der Waals surface area contributed by atoms with E-state index < -0.39 is 0 Å². The van der Waals surface area contributed by atoms with Gasteiger partial charge in [0.2, 0.25) is 5.75 Å². The zero-order valence-electron chi connectivity index (χ0n) is 18.1. The average Bonchev–Trinajstić information content (AvgIpc) is 2.79. The van der Waals surface area contributed by atoms with Crippen LogP contribution in [-0.2, 0) is 9.47 Å². The highest BCUT2D eigenvalue weighted by molar-refractivity contribution is 5.90. The van der Waals surface area contributed by atoms with Crippen molar-refractivity contribution in [3.05, 3.63) is 12.1 Å². The van der Waals surface area contributed by atoms with Crippen molar-refractivity contribution in [2.75, 3.05) is 79.3 Å². The van der Waals surface area contributed by atoms with Gasteiger partial charge in [0, 0.05) is 57.6 Å². The SMILES string of the molecule is COc1cc(NC(=O)N(CCN2CCOCC2)C2CCOCC2)cc(OC)c1OC. The third kappa shape index (κ3) is 5.68. The molecule has 2 heterocycles. The van der Waals surface area contributed by atoms with E-state index >= 15 is 0 Å². The number of hydrogen-bond donors (Lipinski definition) is 1. The van der Waals surface area contributed by atoms with E-state index in [9.17, 15) is 4.79 Å². The number of morpholine rings is 1. The number of carbonyl (C=O) groups is 1. The molecule has 0 saturated carbocycles. The molecule has 9 nitrogen and oxygen atoms in total. The molecule has 0 atom stereocenters. The molecule has 2 aliphatic heterocycles. The first-order valence-corrected chi connectivity index (χ1v) is 10.4. The number of rotatable bonds is 8. The Balaban J connectivity index is 1.73. The molecule has 0 radical (unpaired) electrons. The van der Waals surface area contributed by atoms with Gasteiger partial charge in [-0.1, -0.05) is 0 Å². The lowest BCUT2D eigenvalue weighted by Gasteiger charge is -2.36. The molecule has 1 aromatic carbocycles. The molecule has 0 bridgehead atoms. The average molecular weight is 424 g/mol. The lowest BCUT2D eigenvalue weighted by molar-refractivity contribution is 0.0238. The van der Waals surface area contributed by atoms with Crippen LogP contribution in [0.4, 0.5) is 10.5 Å². The van der Waals surface area contributed by atoms with E-state index in [1.54, 1.807) is 33.5 Å². The molecule has 2 amide bonds. The summed E-state index contributed by atoms with van der Waals surface area (Å²) in [6, 6.07) is 3.50. The van der Waals surface area contributed by atoms with Gasteiger partial charge in [-0.2, -0.15) is 0 Å². The molecule has 1 aromatic rings. The molecule has 0 unspecified atom stereocenters. The van der Waals surface area contributed by atoms with Crippen LogP contribution in [0.1, 0.15) is 12.8 Å². The molecule has 1 N–H and O–H groups in total. The summed E-state index contributed by atoms with van der Waals surface area (Å²) >= 11 is 0. The highest BCUT2D eigenvalue weighted by Crippen LogP contribution is 2.40. The van der Waals surface area contributed by atoms with Gasteiger partial charge in [0.1, 0.15) is 0 Å². The van der Waals surface area contributed by atoms with Crippen molar-refractivity contribution in [3.8, 4) is 17.2 Å². The van der Waals surface area contributed by atoms with Crippen molar-refractivity contribution in [1.82, 2.24) is 9.80 Å². The number of amides is 2. The first-order chi connectivity index (χ1) is 14.7. The zero-order valence-corrected chi connectivity index (χ0v) is 18.1. The third-order valence-corrected chi connectivity index (χ3v) is 5.57. The second kappa shape index (κ2) is 11.2. The minimum absolute atomic E-state index is 0.135. The quantitative estimate of drug-likeness (QED) is 0.685. The summed E-state index contributed by atoms with van der Waals surface area (Å²) in [5.74, 6) is 1.49. The highest BCUT2D eigenvalue weighted by Gasteiger charge is 2.27. The van der Waals surface area contributed by atoms with E-state index in [0.29, 0.717) is 42.7 Å². The Labute approximate surface area is 178 Å². The fourth-order valence-electron chi connectivity index (χ4n) is 3.87. The monoisotopic (exact) mass is 423 g/mol. The highest BCUT2D eigenvalue weighted by atomic mass is 16.5. The number of urea groups is 1. The topological polar surface area (TPSA) is 81.7 Å². The number of nitrogens with one attached hydrogen (secondary N) is 1. The maximum absolute atomic E-state index is 13.3. The van der Waals surface area contributed by atoms with Gasteiger partial charge in [-0.3, -0.25) is 4.90 Å². The lowest BCUT2D eigenvalue weighted by Crippen LogP contribution is -2.49. The number of methoxy groups -OCH3 is 3. The molecule has 0 aliphatic carbocycles. The number of hydrogen-bond acceptors (Lipinski definition) is 7. The van der Waals surface area contributed by atoms with Crippen molar-refractivity contribution in [2.24, 2.45) is 0 Å². The van der Waals surface area contributed by atoms with Gasteiger partial charge in [0.25, 0.3) is 0 Å². The standard InChI is InChI=1S/C21H33N3O6/c1-26-18-14-16(15-19(27-2)20(18)28-3)22-21(25)24(17-4-10-29-11-5-17)7-6-23-8-12-30-13-9-23/h14-15,17H,4-13H2,1-3H3,(H,22,25). The van der Waals surface area contributed by atoms with Gasteiger partial charge >= 0.3 is 6.03 Å². The molecule has 9 heteroatoms. The number of carbonyl (C=O) groups excluding carboxylic acids is 1. The summed E-state index contributed by atoms with van der Waals surface area (Å²) in [5, 5.41) is 3.02. The van der Waals surface area contributed by atoms with Gasteiger partial charge in [-0.15, -0.1) is 0 Å². The normalized spacial score (nSPS) is 18.0. The lowest BCUT2D eigenvalue weighted by atomic mass is 10.1. The third-order valence-electron chi connectivity index (χ3n) is 5.57. The second-order valence-electron chi connectivity index (χ2n) is 7.34. The number of nitrogens with zero attached hydrogens (tertiary/aromatic N) is 2. The molecular weight excluding hydrogens is 390 g/mol. The van der Waals surface area contributed by atoms with Gasteiger partial charge in [-0.25, -0.2) is 4.79 Å². The van der Waals surface area contributed by atoms with Crippen molar-refractivity contribution in [2.45, 2.75) is 18.9 Å². The predicted octanol–water partition coefficient (Wildman–Crippen LogP) is 2.06. The molecule has 30 heavy (non-hydrogen) atoms. The van der Waals surface area contributed by atoms with Crippen LogP contribution in [0, 0.1) is 0 Å². The van der Waals surface area contributed by atoms with Crippen molar-refractivity contribution < 1.29 is 28.5 Å². The Morgan fingerprint density at radius 3 is 2.20 bits per heavy atom. The Kier molecular flexibility index (Phi) is 8.41. The van der Waals surface area contributed by atoms with Crippen molar-refractivity contribution in [3.63, 3.8) is 0 Å². The van der Waals surface area contributed by atoms with Gasteiger partial charge < -0.3 is 33.9 Å². The predicted molar refractivity (Wildman–Crippen MR) is 113 cm³/mol. The molecular formula is C21H33N3O6. The smallest absolute Gasteiger partial charge is 0.322 e. The second-order valence-corrected chi connectivity index (χ2v) is 7.34. The maximum atomic E-state index is 13.3. The summed E-state index contributed by atoms with van der Waals surface area (Å²) in [6.07, 6.45) is 1.68. The summed E-state index contributed by atoms with van der Waals surface area (Å²) in [6.45, 7) is 6.12. The van der Waals surface area contributed by atoms with Gasteiger partial charge in [0.15, 0.2) is 11.5 Å². The van der Waals surface area contributed by atoms with Crippen LogP contribution in [0.15, 0.2) is 12.1 Å². The molecule has 3 rings (SSSR count).